The van der Waals surface area contributed by atoms with Crippen LogP contribution in [0.4, 0.5) is 5.69 Å². The highest BCUT2D eigenvalue weighted by Gasteiger charge is 2.48. The molecule has 0 fully saturated rings. The lowest BCUT2D eigenvalue weighted by Gasteiger charge is -2.29. The maximum atomic E-state index is 13.7. The molecule has 1 atom stereocenters. The van der Waals surface area contributed by atoms with E-state index in [9.17, 15) is 14.7 Å². The molecular formula is C37H31NO4S. The number of carboxylic acids is 1. The molecule has 0 saturated heterocycles. The molecule has 2 N–H and O–H groups in total. The summed E-state index contributed by atoms with van der Waals surface area (Å²) in [5.41, 5.74) is 5.84. The van der Waals surface area contributed by atoms with Gasteiger partial charge < -0.3 is 15.2 Å². The molecule has 1 aliphatic rings. The molecule has 0 unspecified atom stereocenters. The first-order valence-electron chi connectivity index (χ1n) is 14.2. The van der Waals surface area contributed by atoms with Crippen molar-refractivity contribution in [2.75, 3.05) is 17.7 Å². The van der Waals surface area contributed by atoms with Crippen LogP contribution in [-0.2, 0) is 14.3 Å². The number of aliphatic carboxylic acids is 1. The standard InChI is InChI=1S/C37H31NO4S/c39-35(40)37(24-43,36(41)42-23-33-31-20-9-7-18-29(31)30-19-8-10-21-32(30)33)38-28-17-11-16-27(22-28)34(25-12-3-1-4-13-25)26-14-5-2-6-15-26/h1-22,33-34,38,43H,23-24H2,(H,39,40)/t37-/m1/s1. The van der Waals surface area contributed by atoms with Crippen LogP contribution in [0.25, 0.3) is 11.1 Å². The molecular weight excluding hydrogens is 554 g/mol. The van der Waals surface area contributed by atoms with Crippen LogP contribution >= 0.6 is 12.6 Å². The number of nitrogens with one attached hydrogen (secondary N) is 1. The Labute approximate surface area is 256 Å². The Morgan fingerprint density at radius 2 is 1.23 bits per heavy atom. The number of hydrogen-bond donors (Lipinski definition) is 3. The van der Waals surface area contributed by atoms with Gasteiger partial charge in [-0.05, 0) is 51.1 Å². The van der Waals surface area contributed by atoms with E-state index in [4.69, 9.17) is 4.74 Å². The zero-order chi connectivity index (χ0) is 29.8. The van der Waals surface area contributed by atoms with Gasteiger partial charge in [-0.2, -0.15) is 12.6 Å². The predicted molar refractivity (Wildman–Crippen MR) is 173 cm³/mol. The Kier molecular flexibility index (Phi) is 8.03. The maximum Gasteiger partial charge on any atom is 0.344 e. The lowest BCUT2D eigenvalue weighted by atomic mass is 9.85. The van der Waals surface area contributed by atoms with Crippen molar-refractivity contribution in [2.45, 2.75) is 17.4 Å². The summed E-state index contributed by atoms with van der Waals surface area (Å²) < 4.78 is 5.81. The van der Waals surface area contributed by atoms with Gasteiger partial charge in [0, 0.05) is 23.3 Å². The number of fused-ring (bicyclic) bond motifs is 3. The number of rotatable bonds is 10. The average molecular weight is 586 g/mol. The molecule has 0 radical (unpaired) electrons. The maximum absolute atomic E-state index is 13.7. The largest absolute Gasteiger partial charge is 0.479 e. The van der Waals surface area contributed by atoms with Gasteiger partial charge in [0.2, 0.25) is 5.54 Å². The highest BCUT2D eigenvalue weighted by atomic mass is 32.1. The van der Waals surface area contributed by atoms with E-state index < -0.39 is 17.5 Å². The third-order valence-corrected chi connectivity index (χ3v) is 8.61. The predicted octanol–water partition coefficient (Wildman–Crippen LogP) is 7.39. The fourth-order valence-electron chi connectivity index (χ4n) is 6.00. The Balaban J connectivity index is 1.28. The van der Waals surface area contributed by atoms with Crippen LogP contribution in [0.15, 0.2) is 133 Å². The number of carboxylic acid groups (broad SMARTS) is 1. The SMILES string of the molecule is O=C(O)[C@@](CS)(Nc1cccc(C(c2ccccc2)c2ccccc2)c1)C(=O)OCC1c2ccccc2-c2ccccc21. The summed E-state index contributed by atoms with van der Waals surface area (Å²) in [6, 6.07) is 43.8. The van der Waals surface area contributed by atoms with Gasteiger partial charge in [-0.3, -0.25) is 0 Å². The summed E-state index contributed by atoms with van der Waals surface area (Å²) in [4.78, 5) is 26.4. The van der Waals surface area contributed by atoms with E-state index in [0.29, 0.717) is 5.69 Å². The van der Waals surface area contributed by atoms with Crippen molar-refractivity contribution in [2.24, 2.45) is 0 Å². The minimum absolute atomic E-state index is 0.0154. The Morgan fingerprint density at radius 3 is 1.77 bits per heavy atom. The Hall–Kier alpha value is -4.81. The molecule has 1 aliphatic carbocycles. The van der Waals surface area contributed by atoms with Gasteiger partial charge in [0.1, 0.15) is 6.61 Å². The molecule has 0 amide bonds. The summed E-state index contributed by atoms with van der Waals surface area (Å²) in [6.45, 7) is 0.0154. The van der Waals surface area contributed by atoms with Gasteiger partial charge in [0.15, 0.2) is 0 Å². The molecule has 5 aromatic rings. The Morgan fingerprint density at radius 1 is 0.721 bits per heavy atom. The first-order chi connectivity index (χ1) is 21.0. The van der Waals surface area contributed by atoms with Crippen LogP contribution in [-0.4, -0.2) is 34.9 Å². The first-order valence-corrected chi connectivity index (χ1v) is 14.8. The van der Waals surface area contributed by atoms with Gasteiger partial charge in [-0.15, -0.1) is 0 Å². The van der Waals surface area contributed by atoms with Gasteiger partial charge in [0.25, 0.3) is 0 Å². The lowest BCUT2D eigenvalue weighted by molar-refractivity contribution is -0.158. The molecule has 214 valence electrons. The summed E-state index contributed by atoms with van der Waals surface area (Å²) in [7, 11) is 0. The topological polar surface area (TPSA) is 75.6 Å². The van der Waals surface area contributed by atoms with Crippen molar-refractivity contribution < 1.29 is 19.4 Å². The van der Waals surface area contributed by atoms with Gasteiger partial charge in [-0.1, -0.05) is 121 Å². The van der Waals surface area contributed by atoms with E-state index >= 15 is 0 Å². The zero-order valence-electron chi connectivity index (χ0n) is 23.4. The van der Waals surface area contributed by atoms with Crippen molar-refractivity contribution in [3.05, 3.63) is 161 Å². The normalized spacial score (nSPS) is 13.5. The monoisotopic (exact) mass is 585 g/mol. The molecule has 0 spiro atoms. The van der Waals surface area contributed by atoms with Crippen molar-refractivity contribution >= 4 is 30.3 Å². The quantitative estimate of drug-likeness (QED) is 0.0690. The van der Waals surface area contributed by atoms with E-state index in [1.54, 1.807) is 6.07 Å². The summed E-state index contributed by atoms with van der Waals surface area (Å²) in [6.07, 6.45) is 0. The number of carbonyl (C=O) groups excluding carboxylic acids is 1. The Bertz CT molecular complexity index is 1670. The summed E-state index contributed by atoms with van der Waals surface area (Å²) in [5, 5.41) is 13.4. The van der Waals surface area contributed by atoms with Gasteiger partial charge >= 0.3 is 11.9 Å². The minimum Gasteiger partial charge on any atom is -0.479 e. The van der Waals surface area contributed by atoms with E-state index in [1.807, 2.05) is 91.0 Å². The van der Waals surface area contributed by atoms with Crippen molar-refractivity contribution in [3.63, 3.8) is 0 Å². The van der Waals surface area contributed by atoms with Crippen LogP contribution in [0.5, 0.6) is 0 Å². The third kappa shape index (κ3) is 5.42. The second-order valence-electron chi connectivity index (χ2n) is 10.7. The fraction of sp³-hybridized carbons (Fsp3) is 0.135. The van der Waals surface area contributed by atoms with Crippen molar-refractivity contribution in [1.82, 2.24) is 0 Å². The van der Waals surface area contributed by atoms with Crippen LogP contribution < -0.4 is 5.32 Å². The number of hydrogen-bond acceptors (Lipinski definition) is 5. The zero-order valence-corrected chi connectivity index (χ0v) is 24.3. The number of anilines is 1. The second kappa shape index (κ2) is 12.2. The minimum atomic E-state index is -2.09. The highest BCUT2D eigenvalue weighted by Crippen LogP contribution is 2.44. The molecule has 0 saturated carbocycles. The average Bonchev–Trinajstić information content (AvgIpc) is 3.37. The highest BCUT2D eigenvalue weighted by molar-refractivity contribution is 7.80. The molecule has 5 aromatic carbocycles. The summed E-state index contributed by atoms with van der Waals surface area (Å²) in [5.74, 6) is -2.82. The lowest BCUT2D eigenvalue weighted by Crippen LogP contribution is -2.56. The molecule has 0 heterocycles. The molecule has 5 nitrogen and oxygen atoms in total. The van der Waals surface area contributed by atoms with Crippen LogP contribution in [0, 0.1) is 0 Å². The number of ether oxygens (including phenoxy) is 1. The van der Waals surface area contributed by atoms with E-state index in [2.05, 4.69) is 54.3 Å². The van der Waals surface area contributed by atoms with Crippen LogP contribution in [0.3, 0.4) is 0 Å². The van der Waals surface area contributed by atoms with E-state index in [0.717, 1.165) is 38.9 Å². The molecule has 0 aromatic heterocycles. The number of thiol groups is 1. The second-order valence-corrected chi connectivity index (χ2v) is 11.0. The van der Waals surface area contributed by atoms with Crippen molar-refractivity contribution in [3.8, 4) is 11.1 Å². The molecule has 6 heteroatoms. The smallest absolute Gasteiger partial charge is 0.344 e. The first kappa shape index (κ1) is 28.3. The molecule has 6 rings (SSSR count). The molecule has 43 heavy (non-hydrogen) atoms. The van der Waals surface area contributed by atoms with E-state index in [-0.39, 0.29) is 24.2 Å². The molecule has 0 aliphatic heterocycles. The fourth-order valence-corrected chi connectivity index (χ4v) is 6.34. The summed E-state index contributed by atoms with van der Waals surface area (Å²) >= 11 is 4.34. The number of carbonyl (C=O) groups is 2. The number of benzene rings is 5. The van der Waals surface area contributed by atoms with Crippen LogP contribution in [0.2, 0.25) is 0 Å². The molecule has 0 bridgehead atoms. The van der Waals surface area contributed by atoms with Gasteiger partial charge in [-0.25, -0.2) is 9.59 Å². The van der Waals surface area contributed by atoms with Crippen molar-refractivity contribution in [1.29, 1.82) is 0 Å². The third-order valence-electron chi connectivity index (χ3n) is 8.14. The van der Waals surface area contributed by atoms with E-state index in [1.165, 1.54) is 0 Å². The van der Waals surface area contributed by atoms with Crippen LogP contribution in [0.1, 0.15) is 39.7 Å². The number of esters is 1. The van der Waals surface area contributed by atoms with Gasteiger partial charge in [0.05, 0.1) is 0 Å².